The number of pyridine rings is 1. The summed E-state index contributed by atoms with van der Waals surface area (Å²) in [6, 6.07) is 18.7. The normalized spacial score (nSPS) is 19.0. The zero-order chi connectivity index (χ0) is 35.7. The number of carbonyl (C=O) groups is 3. The first kappa shape index (κ1) is 34.2. The van der Waals surface area contributed by atoms with Crippen molar-refractivity contribution in [2.75, 3.05) is 45.3 Å². The number of amides is 1. The van der Waals surface area contributed by atoms with E-state index in [1.165, 1.54) is 46.8 Å². The average Bonchev–Trinajstić information content (AvgIpc) is 3.31. The molecule has 0 radical (unpaired) electrons. The van der Waals surface area contributed by atoms with Gasteiger partial charge in [0.05, 0.1) is 25.9 Å². The second-order valence-corrected chi connectivity index (χ2v) is 12.9. The van der Waals surface area contributed by atoms with Crippen molar-refractivity contribution >= 4 is 30.1 Å². The van der Waals surface area contributed by atoms with Crippen molar-refractivity contribution in [3.8, 4) is 5.75 Å². The van der Waals surface area contributed by atoms with Crippen LogP contribution in [0.25, 0.3) is 0 Å². The smallest absolute Gasteiger partial charge is 0.451 e. The predicted molar refractivity (Wildman–Crippen MR) is 178 cm³/mol. The minimum absolute atomic E-state index is 0.0780. The maximum atomic E-state index is 15.5. The summed E-state index contributed by atoms with van der Waals surface area (Å²) in [5, 5.41) is 1.79. The number of morpholine rings is 1. The minimum atomic E-state index is -1.83. The number of hydrogen-bond acceptors (Lipinski definition) is 11. The number of thioether (sulfide) groups is 1. The van der Waals surface area contributed by atoms with E-state index in [4.69, 9.17) is 23.7 Å². The van der Waals surface area contributed by atoms with E-state index < -0.39 is 59.5 Å². The fourth-order valence-corrected chi connectivity index (χ4v) is 7.77. The molecule has 3 aliphatic rings. The Morgan fingerprint density at radius 1 is 1.04 bits per heavy atom. The van der Waals surface area contributed by atoms with Crippen LogP contribution in [0, 0.1) is 11.6 Å². The van der Waals surface area contributed by atoms with Crippen molar-refractivity contribution in [2.24, 2.45) is 0 Å². The lowest BCUT2D eigenvalue weighted by atomic mass is 9.93. The van der Waals surface area contributed by atoms with E-state index in [0.29, 0.717) is 17.4 Å². The SMILES string of the molecule is COC[C@](C=O)(OC(=O)OCOc1c2n(ccc1=O)N([C@@H]1c3ccccc3SCc3c1ccc(F)c3F)[C@@H]1COCCN1C2=O)c1ccccc1. The molecule has 4 heterocycles. The first-order chi connectivity index (χ1) is 24.8. The Kier molecular flexibility index (Phi) is 9.50. The molecular weight excluding hydrogens is 688 g/mol. The van der Waals surface area contributed by atoms with Crippen LogP contribution in [0.1, 0.15) is 38.8 Å². The summed E-state index contributed by atoms with van der Waals surface area (Å²) in [5.41, 5.74) is -0.953. The van der Waals surface area contributed by atoms with Gasteiger partial charge in [-0.3, -0.25) is 24.1 Å². The van der Waals surface area contributed by atoms with E-state index in [2.05, 4.69) is 0 Å². The Hall–Kier alpha value is -5.25. The predicted octanol–water partition coefficient (Wildman–Crippen LogP) is 4.50. The molecule has 0 saturated carbocycles. The monoisotopic (exact) mass is 719 g/mol. The Morgan fingerprint density at radius 2 is 1.82 bits per heavy atom. The molecule has 15 heteroatoms. The molecule has 0 N–H and O–H groups in total. The number of benzene rings is 3. The highest BCUT2D eigenvalue weighted by Crippen LogP contribution is 2.45. The van der Waals surface area contributed by atoms with Gasteiger partial charge in [0.15, 0.2) is 23.6 Å². The minimum Gasteiger partial charge on any atom is -0.451 e. The molecule has 1 aromatic heterocycles. The molecule has 1 saturated heterocycles. The molecule has 12 nitrogen and oxygen atoms in total. The lowest BCUT2D eigenvalue weighted by Gasteiger charge is -2.51. The van der Waals surface area contributed by atoms with E-state index in [0.717, 1.165) is 16.5 Å². The van der Waals surface area contributed by atoms with Gasteiger partial charge in [0.2, 0.25) is 23.6 Å². The maximum Gasteiger partial charge on any atom is 0.512 e. The van der Waals surface area contributed by atoms with Crippen LogP contribution in [-0.4, -0.2) is 74.4 Å². The summed E-state index contributed by atoms with van der Waals surface area (Å²) < 4.78 is 58.8. The van der Waals surface area contributed by atoms with Gasteiger partial charge in [0, 0.05) is 47.7 Å². The number of nitrogens with zero attached hydrogens (tertiary/aromatic N) is 3. The van der Waals surface area contributed by atoms with Gasteiger partial charge in [-0.2, -0.15) is 0 Å². The van der Waals surface area contributed by atoms with Crippen LogP contribution in [0.5, 0.6) is 5.75 Å². The van der Waals surface area contributed by atoms with Crippen LogP contribution < -0.4 is 15.2 Å². The van der Waals surface area contributed by atoms with Gasteiger partial charge >= 0.3 is 6.16 Å². The van der Waals surface area contributed by atoms with Crippen LogP contribution in [0.3, 0.4) is 0 Å². The summed E-state index contributed by atoms with van der Waals surface area (Å²) in [5.74, 6) is -2.77. The van der Waals surface area contributed by atoms with E-state index in [1.54, 1.807) is 35.3 Å². The third-order valence-corrected chi connectivity index (χ3v) is 10.1. The third kappa shape index (κ3) is 6.10. The number of fused-ring (bicyclic) bond motifs is 4. The number of ether oxygens (including phenoxy) is 5. The highest BCUT2D eigenvalue weighted by Gasteiger charge is 2.46. The Balaban J connectivity index is 1.26. The molecule has 3 aliphatic heterocycles. The fourth-order valence-electron chi connectivity index (χ4n) is 6.66. The number of halogens is 2. The molecule has 264 valence electrons. The molecular formula is C36H31F2N3O9S. The molecule has 3 aromatic carbocycles. The van der Waals surface area contributed by atoms with E-state index in [9.17, 15) is 23.6 Å². The summed E-state index contributed by atoms with van der Waals surface area (Å²) in [7, 11) is 1.34. The molecule has 1 amide bonds. The second kappa shape index (κ2) is 14.2. The van der Waals surface area contributed by atoms with Crippen LogP contribution >= 0.6 is 11.8 Å². The van der Waals surface area contributed by atoms with Crippen molar-refractivity contribution in [2.45, 2.75) is 28.5 Å². The van der Waals surface area contributed by atoms with Crippen molar-refractivity contribution < 1.29 is 46.8 Å². The van der Waals surface area contributed by atoms with Crippen LogP contribution in [0.4, 0.5) is 13.6 Å². The van der Waals surface area contributed by atoms with Crippen LogP contribution in [0.2, 0.25) is 0 Å². The standard InChI is InChI=1S/C36H31F2N3O9S/c1-46-20-36(19-42,22-7-3-2-4-8-22)50-35(45)49-21-48-33-27(43)13-14-40-32(33)34(44)39-15-16-47-17-29(39)41(40)31-23-11-12-26(37)30(38)25(23)18-51-28-10-6-5-9-24(28)31/h2-14,19,29,31H,15-18,20-21H2,1H3/t29-,31+,36+/m1/s1. The van der Waals surface area contributed by atoms with Gasteiger partial charge in [-0.05, 0) is 23.3 Å². The van der Waals surface area contributed by atoms with Gasteiger partial charge in [0.1, 0.15) is 6.17 Å². The summed E-state index contributed by atoms with van der Waals surface area (Å²) in [6.45, 7) is -0.719. The van der Waals surface area contributed by atoms with Gasteiger partial charge in [-0.1, -0.05) is 54.6 Å². The lowest BCUT2D eigenvalue weighted by Crippen LogP contribution is -2.66. The highest BCUT2D eigenvalue weighted by molar-refractivity contribution is 7.98. The quantitative estimate of drug-likeness (QED) is 0.138. The van der Waals surface area contributed by atoms with E-state index in [1.807, 2.05) is 24.3 Å². The van der Waals surface area contributed by atoms with E-state index >= 15 is 4.39 Å². The second-order valence-electron chi connectivity index (χ2n) is 11.9. The van der Waals surface area contributed by atoms with Crippen molar-refractivity contribution in [1.29, 1.82) is 0 Å². The van der Waals surface area contributed by atoms with Crippen LogP contribution in [-0.2, 0) is 35.1 Å². The van der Waals surface area contributed by atoms with Crippen molar-refractivity contribution in [3.05, 3.63) is 129 Å². The number of hydrogen-bond donors (Lipinski definition) is 0. The number of aldehydes is 1. The lowest BCUT2D eigenvalue weighted by molar-refractivity contribution is -0.137. The van der Waals surface area contributed by atoms with Gasteiger partial charge in [0.25, 0.3) is 5.91 Å². The first-order valence-electron chi connectivity index (χ1n) is 15.9. The molecule has 3 atom stereocenters. The number of rotatable bonds is 9. The maximum absolute atomic E-state index is 15.5. The fraction of sp³-hybridized carbons (Fsp3) is 0.278. The van der Waals surface area contributed by atoms with E-state index in [-0.39, 0.29) is 43.4 Å². The molecule has 0 aliphatic carbocycles. The molecule has 51 heavy (non-hydrogen) atoms. The Labute approximate surface area is 294 Å². The zero-order valence-electron chi connectivity index (χ0n) is 27.2. The van der Waals surface area contributed by atoms with Gasteiger partial charge in [-0.25, -0.2) is 13.6 Å². The van der Waals surface area contributed by atoms with Gasteiger partial charge < -0.3 is 28.6 Å². The number of methoxy groups -OCH3 is 1. The molecule has 0 spiro atoms. The number of aromatic nitrogens is 1. The summed E-state index contributed by atoms with van der Waals surface area (Å²) >= 11 is 1.36. The third-order valence-electron chi connectivity index (χ3n) is 8.99. The summed E-state index contributed by atoms with van der Waals surface area (Å²) in [6.07, 6.45) is -0.194. The molecule has 0 bridgehead atoms. The Morgan fingerprint density at radius 3 is 2.61 bits per heavy atom. The molecule has 0 unspecified atom stereocenters. The first-order valence-corrected chi connectivity index (χ1v) is 16.9. The summed E-state index contributed by atoms with van der Waals surface area (Å²) in [4.78, 5) is 54.9. The Bertz CT molecular complexity index is 2050. The van der Waals surface area contributed by atoms with Crippen LogP contribution in [0.15, 0.2) is 88.7 Å². The number of carbonyl (C=O) groups excluding carboxylic acids is 3. The average molecular weight is 720 g/mol. The molecule has 1 fully saturated rings. The highest BCUT2D eigenvalue weighted by atomic mass is 32.2. The molecule has 7 rings (SSSR count). The van der Waals surface area contributed by atoms with Crippen molar-refractivity contribution in [1.82, 2.24) is 9.58 Å². The van der Waals surface area contributed by atoms with Crippen molar-refractivity contribution in [3.63, 3.8) is 0 Å². The largest absolute Gasteiger partial charge is 0.512 e. The zero-order valence-corrected chi connectivity index (χ0v) is 28.0. The molecule has 4 aromatic rings. The topological polar surface area (TPSA) is 126 Å². The van der Waals surface area contributed by atoms with Gasteiger partial charge in [-0.15, -0.1) is 11.8 Å².